The van der Waals surface area contributed by atoms with Crippen molar-refractivity contribution in [2.45, 2.75) is 18.7 Å². The first kappa shape index (κ1) is 14.9. The molecule has 0 aliphatic rings. The van der Waals surface area contributed by atoms with E-state index in [1.165, 1.54) is 18.2 Å². The lowest BCUT2D eigenvalue weighted by Crippen LogP contribution is -2.08. The Kier molecular flexibility index (Phi) is 4.70. The summed E-state index contributed by atoms with van der Waals surface area (Å²) < 4.78 is 24.5. The number of carboxylic acids is 1. The highest BCUT2D eigenvalue weighted by Crippen LogP contribution is 2.24. The molecule has 0 bridgehead atoms. The molecule has 0 aromatic heterocycles. The summed E-state index contributed by atoms with van der Waals surface area (Å²) >= 11 is 3.13. The van der Waals surface area contributed by atoms with E-state index < -0.39 is 15.8 Å². The summed E-state index contributed by atoms with van der Waals surface area (Å²) in [5.41, 5.74) is 0.845. The lowest BCUT2D eigenvalue weighted by Gasteiger charge is -2.06. The maximum absolute atomic E-state index is 12.1. The first-order valence-corrected chi connectivity index (χ1v) is 7.57. The standard InChI is InChI=1S/C12H13BrO4S/c1-8(2)5-6-18(16,17)11-7-9(12(14)15)3-4-10(11)13/h3-5,7H,6H2,1-2H3,(H,14,15). The monoisotopic (exact) mass is 332 g/mol. The number of benzene rings is 1. The molecule has 4 nitrogen and oxygen atoms in total. The number of rotatable bonds is 4. The second-order valence-electron chi connectivity index (χ2n) is 4.01. The van der Waals surface area contributed by atoms with Gasteiger partial charge in [-0.3, -0.25) is 0 Å². The molecule has 0 aliphatic carbocycles. The van der Waals surface area contributed by atoms with Gasteiger partial charge < -0.3 is 5.11 Å². The minimum absolute atomic E-state index is 0.0000926. The lowest BCUT2D eigenvalue weighted by atomic mass is 10.2. The smallest absolute Gasteiger partial charge is 0.335 e. The van der Waals surface area contributed by atoms with Crippen LogP contribution in [-0.2, 0) is 9.84 Å². The van der Waals surface area contributed by atoms with E-state index >= 15 is 0 Å². The summed E-state index contributed by atoms with van der Waals surface area (Å²) in [6.45, 7) is 3.61. The SMILES string of the molecule is CC(C)=CCS(=O)(=O)c1cc(C(=O)O)ccc1Br. The minimum atomic E-state index is -3.53. The Morgan fingerprint density at radius 1 is 1.39 bits per heavy atom. The average Bonchev–Trinajstić information content (AvgIpc) is 2.26. The first-order valence-electron chi connectivity index (χ1n) is 5.13. The second-order valence-corrected chi connectivity index (χ2v) is 6.87. The zero-order valence-corrected chi connectivity index (χ0v) is 12.4. The third kappa shape index (κ3) is 3.68. The molecule has 0 heterocycles. The van der Waals surface area contributed by atoms with Crippen LogP contribution in [0.2, 0.25) is 0 Å². The van der Waals surface area contributed by atoms with Crippen LogP contribution >= 0.6 is 15.9 Å². The molecular formula is C12H13BrO4S. The number of aromatic carboxylic acids is 1. The molecule has 6 heteroatoms. The number of halogens is 1. The summed E-state index contributed by atoms with van der Waals surface area (Å²) in [4.78, 5) is 10.8. The lowest BCUT2D eigenvalue weighted by molar-refractivity contribution is 0.0696. The highest BCUT2D eigenvalue weighted by atomic mass is 79.9. The molecule has 0 aliphatic heterocycles. The van der Waals surface area contributed by atoms with E-state index in [9.17, 15) is 13.2 Å². The molecule has 0 amide bonds. The van der Waals surface area contributed by atoms with Crippen molar-refractivity contribution in [3.8, 4) is 0 Å². The van der Waals surface area contributed by atoms with Crippen molar-refractivity contribution in [3.63, 3.8) is 0 Å². The Morgan fingerprint density at radius 3 is 2.50 bits per heavy atom. The number of carboxylic acid groups (broad SMARTS) is 1. The van der Waals surface area contributed by atoms with Crippen LogP contribution in [0.4, 0.5) is 0 Å². The van der Waals surface area contributed by atoms with Gasteiger partial charge in [0.1, 0.15) is 0 Å². The molecule has 0 unspecified atom stereocenters. The summed E-state index contributed by atoms with van der Waals surface area (Å²) in [6.07, 6.45) is 1.59. The number of allylic oxidation sites excluding steroid dienone is 1. The Morgan fingerprint density at radius 2 is 2.00 bits per heavy atom. The zero-order valence-electron chi connectivity index (χ0n) is 9.97. The number of hydrogen-bond donors (Lipinski definition) is 1. The maximum Gasteiger partial charge on any atom is 0.335 e. The van der Waals surface area contributed by atoms with Crippen LogP contribution in [0.3, 0.4) is 0 Å². The van der Waals surface area contributed by atoms with Gasteiger partial charge in [-0.15, -0.1) is 0 Å². The Bertz CT molecular complexity index is 599. The largest absolute Gasteiger partial charge is 0.478 e. The maximum atomic E-state index is 12.1. The van der Waals surface area contributed by atoms with Crippen molar-refractivity contribution >= 4 is 31.7 Å². The van der Waals surface area contributed by atoms with Crippen LogP contribution in [-0.4, -0.2) is 25.2 Å². The fourth-order valence-electron chi connectivity index (χ4n) is 1.24. The van der Waals surface area contributed by atoms with Crippen molar-refractivity contribution in [1.29, 1.82) is 0 Å². The molecule has 1 aromatic rings. The quantitative estimate of drug-likeness (QED) is 0.860. The van der Waals surface area contributed by atoms with E-state index in [0.717, 1.165) is 5.57 Å². The van der Waals surface area contributed by atoms with E-state index in [0.29, 0.717) is 4.47 Å². The van der Waals surface area contributed by atoms with Crippen LogP contribution in [0, 0.1) is 0 Å². The Hall–Kier alpha value is -1.14. The minimum Gasteiger partial charge on any atom is -0.478 e. The average molecular weight is 333 g/mol. The first-order chi connectivity index (χ1) is 8.24. The highest BCUT2D eigenvalue weighted by molar-refractivity contribution is 9.10. The van der Waals surface area contributed by atoms with Crippen LogP contribution < -0.4 is 0 Å². The Labute approximate surface area is 114 Å². The summed E-state index contributed by atoms with van der Waals surface area (Å²) in [6, 6.07) is 3.95. The van der Waals surface area contributed by atoms with Gasteiger partial charge in [0.25, 0.3) is 0 Å². The molecule has 0 saturated heterocycles. The van der Waals surface area contributed by atoms with Crippen molar-refractivity contribution in [1.82, 2.24) is 0 Å². The van der Waals surface area contributed by atoms with Gasteiger partial charge in [-0.25, -0.2) is 13.2 Å². The Balaban J connectivity index is 3.27. The van der Waals surface area contributed by atoms with Gasteiger partial charge in [-0.05, 0) is 48.0 Å². The fourth-order valence-corrected chi connectivity index (χ4v) is 3.63. The molecule has 0 fully saturated rings. The van der Waals surface area contributed by atoms with Crippen LogP contribution in [0.1, 0.15) is 24.2 Å². The molecule has 0 spiro atoms. The normalized spacial score (nSPS) is 11.1. The second kappa shape index (κ2) is 5.67. The fraction of sp³-hybridized carbons (Fsp3) is 0.250. The van der Waals surface area contributed by atoms with Gasteiger partial charge in [-0.1, -0.05) is 11.6 Å². The number of hydrogen-bond acceptors (Lipinski definition) is 3. The topological polar surface area (TPSA) is 71.4 Å². The molecule has 0 saturated carbocycles. The van der Waals surface area contributed by atoms with E-state index in [2.05, 4.69) is 15.9 Å². The van der Waals surface area contributed by atoms with Crippen LogP contribution in [0.25, 0.3) is 0 Å². The van der Waals surface area contributed by atoms with Crippen molar-refractivity contribution in [2.24, 2.45) is 0 Å². The number of sulfone groups is 1. The predicted molar refractivity (Wildman–Crippen MR) is 72.6 cm³/mol. The predicted octanol–water partition coefficient (Wildman–Crippen LogP) is 2.89. The number of carbonyl (C=O) groups is 1. The van der Waals surface area contributed by atoms with Crippen molar-refractivity contribution in [2.75, 3.05) is 5.75 Å². The van der Waals surface area contributed by atoms with Crippen LogP contribution in [0.15, 0.2) is 39.2 Å². The molecule has 0 atom stereocenters. The molecule has 1 rings (SSSR count). The molecule has 1 N–H and O–H groups in total. The highest BCUT2D eigenvalue weighted by Gasteiger charge is 2.18. The summed E-state index contributed by atoms with van der Waals surface area (Å²) in [5.74, 6) is -1.29. The van der Waals surface area contributed by atoms with Gasteiger partial charge in [0, 0.05) is 4.47 Å². The molecule has 0 radical (unpaired) electrons. The molecule has 98 valence electrons. The van der Waals surface area contributed by atoms with E-state index in [1.807, 2.05) is 0 Å². The van der Waals surface area contributed by atoms with Gasteiger partial charge in [0.2, 0.25) is 0 Å². The van der Waals surface area contributed by atoms with Gasteiger partial charge >= 0.3 is 5.97 Å². The molecule has 18 heavy (non-hydrogen) atoms. The summed E-state index contributed by atoms with van der Waals surface area (Å²) in [5, 5.41) is 8.86. The van der Waals surface area contributed by atoms with Crippen molar-refractivity contribution in [3.05, 3.63) is 39.9 Å². The third-order valence-corrected chi connectivity index (χ3v) is 4.79. The van der Waals surface area contributed by atoms with Gasteiger partial charge in [-0.2, -0.15) is 0 Å². The van der Waals surface area contributed by atoms with E-state index in [1.54, 1.807) is 19.9 Å². The van der Waals surface area contributed by atoms with Gasteiger partial charge in [0.05, 0.1) is 16.2 Å². The van der Waals surface area contributed by atoms with Crippen molar-refractivity contribution < 1.29 is 18.3 Å². The molecular weight excluding hydrogens is 320 g/mol. The third-order valence-electron chi connectivity index (χ3n) is 2.22. The van der Waals surface area contributed by atoms with E-state index in [4.69, 9.17) is 5.11 Å². The molecule has 1 aromatic carbocycles. The zero-order chi connectivity index (χ0) is 13.9. The van der Waals surface area contributed by atoms with Gasteiger partial charge in [0.15, 0.2) is 9.84 Å². The van der Waals surface area contributed by atoms with E-state index in [-0.39, 0.29) is 16.2 Å². The summed E-state index contributed by atoms with van der Waals surface area (Å²) in [7, 11) is -3.53. The van der Waals surface area contributed by atoms with Crippen LogP contribution in [0.5, 0.6) is 0 Å².